The van der Waals surface area contributed by atoms with Crippen LogP contribution in [0.3, 0.4) is 0 Å². The molecule has 0 bridgehead atoms. The van der Waals surface area contributed by atoms with E-state index in [0.717, 1.165) is 25.7 Å². The van der Waals surface area contributed by atoms with Crippen molar-refractivity contribution >= 4 is 43.9 Å². The highest BCUT2D eigenvalue weighted by Crippen LogP contribution is 2.22. The Hall–Kier alpha value is -2.31. The number of hydrogen-bond donors (Lipinski definition) is 0. The SMILES string of the molecule is CCC[Si]c1ccc(C)c(C(=NCC2=C(C(=O)OCC)N=CC2)c2cccs2)c1. The molecule has 6 heteroatoms. The zero-order valence-electron chi connectivity index (χ0n) is 17.2. The van der Waals surface area contributed by atoms with Crippen LogP contribution >= 0.6 is 11.3 Å². The van der Waals surface area contributed by atoms with Crippen molar-refractivity contribution in [1.82, 2.24) is 0 Å². The minimum Gasteiger partial charge on any atom is -0.461 e. The summed E-state index contributed by atoms with van der Waals surface area (Å²) < 4.78 is 5.14. The molecule has 1 aliphatic heterocycles. The van der Waals surface area contributed by atoms with Gasteiger partial charge in [-0.1, -0.05) is 48.8 Å². The maximum absolute atomic E-state index is 12.2. The van der Waals surface area contributed by atoms with Crippen LogP contribution in [0.25, 0.3) is 0 Å². The van der Waals surface area contributed by atoms with Crippen LogP contribution in [-0.2, 0) is 9.53 Å². The third-order valence-corrected chi connectivity index (χ3v) is 6.96. The number of carbonyl (C=O) groups is 1. The van der Waals surface area contributed by atoms with Crippen molar-refractivity contribution in [3.05, 3.63) is 63.0 Å². The van der Waals surface area contributed by atoms with Crippen LogP contribution in [0.15, 0.2) is 57.0 Å². The molecule has 3 rings (SSSR count). The molecular formula is C23H26N2O2SSi. The van der Waals surface area contributed by atoms with E-state index in [1.54, 1.807) is 24.5 Å². The number of aryl methyl sites for hydroxylation is 1. The van der Waals surface area contributed by atoms with Gasteiger partial charge in [0.25, 0.3) is 0 Å². The molecule has 0 spiro atoms. The Bertz CT molecular complexity index is 946. The molecule has 0 unspecified atom stereocenters. The average molecular weight is 423 g/mol. The first-order chi connectivity index (χ1) is 14.1. The maximum Gasteiger partial charge on any atom is 0.356 e. The van der Waals surface area contributed by atoms with Gasteiger partial charge < -0.3 is 4.74 Å². The highest BCUT2D eigenvalue weighted by atomic mass is 32.1. The first kappa shape index (κ1) is 21.4. The number of benzene rings is 1. The molecule has 0 amide bonds. The first-order valence-electron chi connectivity index (χ1n) is 9.98. The molecular weight excluding hydrogens is 396 g/mol. The molecule has 0 fully saturated rings. The van der Waals surface area contributed by atoms with Crippen LogP contribution in [0.4, 0.5) is 0 Å². The normalized spacial score (nSPS) is 14.0. The second-order valence-electron chi connectivity index (χ2n) is 6.79. The molecule has 0 atom stereocenters. The topological polar surface area (TPSA) is 51.0 Å². The summed E-state index contributed by atoms with van der Waals surface area (Å²) in [6.07, 6.45) is 3.60. The Kier molecular flexibility index (Phi) is 7.72. The Morgan fingerprint density at radius 3 is 2.90 bits per heavy atom. The van der Waals surface area contributed by atoms with Crippen LogP contribution in [0.1, 0.15) is 42.7 Å². The van der Waals surface area contributed by atoms with Crippen molar-refractivity contribution in [2.75, 3.05) is 13.2 Å². The third-order valence-electron chi connectivity index (χ3n) is 4.62. The van der Waals surface area contributed by atoms with Crippen molar-refractivity contribution in [3.63, 3.8) is 0 Å². The van der Waals surface area contributed by atoms with E-state index >= 15 is 0 Å². The Labute approximate surface area is 179 Å². The largest absolute Gasteiger partial charge is 0.461 e. The molecule has 29 heavy (non-hydrogen) atoms. The van der Waals surface area contributed by atoms with Gasteiger partial charge in [-0.2, -0.15) is 0 Å². The summed E-state index contributed by atoms with van der Waals surface area (Å²) in [5.41, 5.74) is 4.70. The highest BCUT2D eigenvalue weighted by molar-refractivity contribution is 7.12. The molecule has 0 N–H and O–H groups in total. The standard InChI is InChI=1S/C23H26N2O2SSi/c1-4-13-29-18-9-8-16(3)19(14-18)22(20-7-6-12-28-20)25-15-17-10-11-24-21(17)23(26)27-5-2/h6-9,11-12,14H,4-5,10,13,15H2,1-3H3. The number of nitrogens with zero attached hydrogens (tertiary/aromatic N) is 2. The van der Waals surface area contributed by atoms with E-state index in [1.165, 1.54) is 28.8 Å². The van der Waals surface area contributed by atoms with Crippen molar-refractivity contribution in [2.45, 2.75) is 39.7 Å². The minimum absolute atomic E-state index is 0.347. The van der Waals surface area contributed by atoms with Gasteiger partial charge in [0.15, 0.2) is 0 Å². The zero-order chi connectivity index (χ0) is 20.6. The molecule has 1 aromatic heterocycles. The Morgan fingerprint density at radius 2 is 2.17 bits per heavy atom. The molecule has 2 heterocycles. The van der Waals surface area contributed by atoms with Gasteiger partial charge in [0.05, 0.1) is 33.3 Å². The summed E-state index contributed by atoms with van der Waals surface area (Å²) in [5, 5.41) is 3.44. The Balaban J connectivity index is 1.95. The number of rotatable bonds is 9. The quantitative estimate of drug-likeness (QED) is 0.343. The van der Waals surface area contributed by atoms with Gasteiger partial charge in [-0.15, -0.1) is 11.3 Å². The smallest absolute Gasteiger partial charge is 0.356 e. The molecule has 2 radical (unpaired) electrons. The fourth-order valence-corrected chi connectivity index (χ4v) is 4.84. The lowest BCUT2D eigenvalue weighted by Crippen LogP contribution is -2.17. The second kappa shape index (κ2) is 10.5. The molecule has 1 aromatic carbocycles. The van der Waals surface area contributed by atoms with E-state index in [1.807, 2.05) is 0 Å². The van der Waals surface area contributed by atoms with E-state index in [9.17, 15) is 4.79 Å². The minimum atomic E-state index is -0.358. The summed E-state index contributed by atoms with van der Waals surface area (Å²) in [6.45, 7) is 6.95. The second-order valence-corrected chi connectivity index (χ2v) is 9.17. The monoisotopic (exact) mass is 422 g/mol. The molecule has 0 saturated heterocycles. The summed E-state index contributed by atoms with van der Waals surface area (Å²) in [5.74, 6) is -0.358. The van der Waals surface area contributed by atoms with Crippen LogP contribution < -0.4 is 5.19 Å². The molecule has 4 nitrogen and oxygen atoms in total. The van der Waals surface area contributed by atoms with Crippen LogP contribution in [0, 0.1) is 6.92 Å². The van der Waals surface area contributed by atoms with Gasteiger partial charge in [0, 0.05) is 18.2 Å². The maximum atomic E-state index is 12.2. The van der Waals surface area contributed by atoms with Crippen molar-refractivity contribution < 1.29 is 9.53 Å². The van der Waals surface area contributed by atoms with Gasteiger partial charge in [-0.3, -0.25) is 9.98 Å². The van der Waals surface area contributed by atoms with Gasteiger partial charge in [-0.05, 0) is 36.4 Å². The van der Waals surface area contributed by atoms with Gasteiger partial charge in [0.1, 0.15) is 5.70 Å². The zero-order valence-corrected chi connectivity index (χ0v) is 19.0. The number of thiophene rings is 1. The summed E-state index contributed by atoms with van der Waals surface area (Å²) >= 11 is 1.69. The number of esters is 1. The van der Waals surface area contributed by atoms with E-state index < -0.39 is 0 Å². The third kappa shape index (κ3) is 5.39. The van der Waals surface area contributed by atoms with Crippen molar-refractivity contribution in [3.8, 4) is 0 Å². The van der Waals surface area contributed by atoms with Gasteiger partial charge >= 0.3 is 5.97 Å². The van der Waals surface area contributed by atoms with Gasteiger partial charge in [-0.25, -0.2) is 4.79 Å². The summed E-state index contributed by atoms with van der Waals surface area (Å²) in [6, 6.07) is 12.1. The lowest BCUT2D eigenvalue weighted by molar-refractivity contribution is -0.138. The number of aliphatic imine (C=N–C) groups is 2. The fraction of sp³-hybridized carbons (Fsp3) is 0.348. The van der Waals surface area contributed by atoms with E-state index in [0.29, 0.717) is 25.3 Å². The van der Waals surface area contributed by atoms with E-state index in [4.69, 9.17) is 9.73 Å². The highest BCUT2D eigenvalue weighted by Gasteiger charge is 2.20. The molecule has 1 aliphatic rings. The van der Waals surface area contributed by atoms with Crippen molar-refractivity contribution in [1.29, 1.82) is 0 Å². The predicted octanol–water partition coefficient (Wildman–Crippen LogP) is 4.34. The lowest BCUT2D eigenvalue weighted by Gasteiger charge is -2.12. The molecule has 0 saturated carbocycles. The molecule has 150 valence electrons. The van der Waals surface area contributed by atoms with Gasteiger partial charge in [0.2, 0.25) is 0 Å². The first-order valence-corrected chi connectivity index (χ1v) is 12.1. The van der Waals surface area contributed by atoms with Crippen LogP contribution in [0.5, 0.6) is 0 Å². The van der Waals surface area contributed by atoms with Crippen molar-refractivity contribution in [2.24, 2.45) is 9.98 Å². The van der Waals surface area contributed by atoms with Crippen LogP contribution in [0.2, 0.25) is 6.04 Å². The average Bonchev–Trinajstić information content (AvgIpc) is 3.41. The predicted molar refractivity (Wildman–Crippen MR) is 123 cm³/mol. The van der Waals surface area contributed by atoms with E-state index in [-0.39, 0.29) is 5.97 Å². The van der Waals surface area contributed by atoms with Crippen LogP contribution in [-0.4, -0.2) is 40.6 Å². The number of hydrogen-bond acceptors (Lipinski definition) is 5. The molecule has 2 aromatic rings. The molecule has 0 aliphatic carbocycles. The number of carbonyl (C=O) groups excluding carboxylic acids is 1. The lowest BCUT2D eigenvalue weighted by atomic mass is 10.0. The van der Waals surface area contributed by atoms with E-state index in [2.05, 4.69) is 54.6 Å². The fourth-order valence-electron chi connectivity index (χ4n) is 3.11. The summed E-state index contributed by atoms with van der Waals surface area (Å²) in [4.78, 5) is 22.5. The Morgan fingerprint density at radius 1 is 1.31 bits per heavy atom. The summed E-state index contributed by atoms with van der Waals surface area (Å²) in [7, 11) is 0.813. The number of ether oxygens (including phenoxy) is 1.